The monoisotopic (exact) mass is 569 g/mol. The van der Waals surface area contributed by atoms with Gasteiger partial charge in [0.2, 0.25) is 17.7 Å². The molecule has 0 spiro atoms. The van der Waals surface area contributed by atoms with E-state index in [2.05, 4.69) is 10.6 Å². The van der Waals surface area contributed by atoms with Gasteiger partial charge in [-0.3, -0.25) is 14.4 Å². The minimum atomic E-state index is -2.84. The number of nitrogens with one attached hydrogen (secondary N) is 2. The number of carboxylic acid groups (broad SMARTS) is 1. The van der Waals surface area contributed by atoms with Crippen molar-refractivity contribution in [1.82, 2.24) is 15.5 Å². The van der Waals surface area contributed by atoms with Crippen molar-refractivity contribution in [3.63, 3.8) is 0 Å². The Morgan fingerprint density at radius 2 is 1.62 bits per heavy atom. The summed E-state index contributed by atoms with van der Waals surface area (Å²) in [6, 6.07) is -3.36. The normalized spacial score (nSPS) is 28.6. The number of carbonyl (C=O) groups excluding carboxylic acids is 4. The number of ketones is 1. The number of halogens is 2. The third-order valence-corrected chi connectivity index (χ3v) is 9.04. The fourth-order valence-corrected chi connectivity index (χ4v) is 6.53. The van der Waals surface area contributed by atoms with Crippen LogP contribution in [0.1, 0.15) is 79.6 Å². The van der Waals surface area contributed by atoms with E-state index in [1.165, 1.54) is 4.90 Å². The molecule has 4 rings (SSSR count). The molecule has 40 heavy (non-hydrogen) atoms. The molecule has 1 unspecified atom stereocenters. The summed E-state index contributed by atoms with van der Waals surface area (Å²) in [6.45, 7) is 9.18. The lowest BCUT2D eigenvalue weighted by atomic mass is 9.81. The molecule has 4 aliphatic rings. The van der Waals surface area contributed by atoms with Crippen molar-refractivity contribution >= 4 is 29.7 Å². The molecular formula is C28H41F2N3O7. The topological polar surface area (TPSA) is 142 Å². The van der Waals surface area contributed by atoms with Gasteiger partial charge < -0.3 is 25.4 Å². The summed E-state index contributed by atoms with van der Waals surface area (Å²) in [5.41, 5.74) is -1.12. The summed E-state index contributed by atoms with van der Waals surface area (Å²) in [5.74, 6) is -7.41. The molecule has 3 N–H and O–H groups in total. The van der Waals surface area contributed by atoms with Crippen LogP contribution in [0.4, 0.5) is 13.6 Å². The number of Topliss-reactive ketones (excluding diaryl/α,β-unsaturated/α-hetero) is 1. The summed E-state index contributed by atoms with van der Waals surface area (Å²) in [7, 11) is 0. The first-order valence-corrected chi connectivity index (χ1v) is 14.2. The van der Waals surface area contributed by atoms with Crippen molar-refractivity contribution in [2.24, 2.45) is 29.1 Å². The van der Waals surface area contributed by atoms with E-state index < -0.39 is 78.1 Å². The highest BCUT2D eigenvalue weighted by molar-refractivity contribution is 6.35. The van der Waals surface area contributed by atoms with E-state index in [1.54, 1.807) is 20.8 Å². The van der Waals surface area contributed by atoms with Gasteiger partial charge in [-0.05, 0) is 69.1 Å². The number of aliphatic carboxylic acids is 1. The Morgan fingerprint density at radius 3 is 2.15 bits per heavy atom. The molecule has 4 fully saturated rings. The van der Waals surface area contributed by atoms with Crippen LogP contribution in [-0.4, -0.2) is 75.9 Å². The van der Waals surface area contributed by atoms with Crippen LogP contribution >= 0.6 is 0 Å². The van der Waals surface area contributed by atoms with Crippen LogP contribution in [-0.2, 0) is 23.9 Å². The number of hydrogen-bond acceptors (Lipinski definition) is 6. The largest absolute Gasteiger partial charge is 0.475 e. The van der Waals surface area contributed by atoms with Crippen molar-refractivity contribution in [3.8, 4) is 0 Å². The van der Waals surface area contributed by atoms with Crippen molar-refractivity contribution in [2.75, 3.05) is 6.54 Å². The highest BCUT2D eigenvalue weighted by atomic mass is 19.3. The Hall–Kier alpha value is -2.79. The van der Waals surface area contributed by atoms with Gasteiger partial charge in [-0.1, -0.05) is 26.7 Å². The predicted molar refractivity (Wildman–Crippen MR) is 138 cm³/mol. The molecule has 0 aromatic rings. The average Bonchev–Trinajstić information content (AvgIpc) is 3.67. The molecule has 0 bridgehead atoms. The Balaban J connectivity index is 1.57. The lowest BCUT2D eigenvalue weighted by Crippen LogP contribution is -2.60. The van der Waals surface area contributed by atoms with E-state index in [4.69, 9.17) is 4.74 Å². The second-order valence-corrected chi connectivity index (χ2v) is 13.6. The van der Waals surface area contributed by atoms with Gasteiger partial charge in [0.25, 0.3) is 5.78 Å². The van der Waals surface area contributed by atoms with E-state index in [0.29, 0.717) is 0 Å². The summed E-state index contributed by atoms with van der Waals surface area (Å²) in [4.78, 5) is 65.6. The Kier molecular flexibility index (Phi) is 7.96. The van der Waals surface area contributed by atoms with Crippen molar-refractivity contribution in [3.05, 3.63) is 0 Å². The number of nitrogens with zero attached hydrogens (tertiary/aromatic N) is 1. The first-order chi connectivity index (χ1) is 18.4. The lowest BCUT2D eigenvalue weighted by molar-refractivity contribution is -0.151. The van der Waals surface area contributed by atoms with Gasteiger partial charge in [-0.15, -0.1) is 0 Å². The molecular weight excluding hydrogens is 528 g/mol. The molecule has 1 saturated heterocycles. The number of carboxylic acids is 1. The van der Waals surface area contributed by atoms with Crippen LogP contribution in [0.25, 0.3) is 0 Å². The van der Waals surface area contributed by atoms with Gasteiger partial charge in [0.15, 0.2) is 0 Å². The maximum Gasteiger partial charge on any atom is 0.408 e. The summed E-state index contributed by atoms with van der Waals surface area (Å²) in [6.07, 6.45) is 0.253. The molecule has 10 nitrogen and oxygen atoms in total. The lowest BCUT2D eigenvalue weighted by Gasteiger charge is -2.38. The minimum absolute atomic E-state index is 0.0119. The number of carbonyl (C=O) groups is 5. The summed E-state index contributed by atoms with van der Waals surface area (Å²) >= 11 is 0. The second-order valence-electron chi connectivity index (χ2n) is 13.6. The van der Waals surface area contributed by atoms with Crippen LogP contribution in [0.2, 0.25) is 0 Å². The Labute approximate surface area is 232 Å². The van der Waals surface area contributed by atoms with Gasteiger partial charge >= 0.3 is 12.1 Å². The van der Waals surface area contributed by atoms with Gasteiger partial charge in [0, 0.05) is 19.4 Å². The molecule has 0 radical (unpaired) electrons. The molecule has 12 heteroatoms. The molecule has 3 aliphatic carbocycles. The highest BCUT2D eigenvalue weighted by Gasteiger charge is 2.70. The maximum absolute atomic E-state index is 14.0. The first-order valence-electron chi connectivity index (χ1n) is 14.2. The average molecular weight is 570 g/mol. The van der Waals surface area contributed by atoms with Gasteiger partial charge in [0.05, 0.1) is 6.04 Å². The molecule has 224 valence electrons. The van der Waals surface area contributed by atoms with Crippen LogP contribution in [0.3, 0.4) is 0 Å². The Morgan fingerprint density at radius 1 is 1.02 bits per heavy atom. The van der Waals surface area contributed by atoms with Crippen molar-refractivity contribution in [2.45, 2.75) is 109 Å². The molecule has 1 aliphatic heterocycles. The van der Waals surface area contributed by atoms with Gasteiger partial charge in [0.1, 0.15) is 17.7 Å². The van der Waals surface area contributed by atoms with Crippen molar-refractivity contribution < 1.29 is 42.6 Å². The standard InChI is InChI=1S/C28H41F2N3O7/c1-26(2,3)40-25(39)32-19(15-8-10-28(29,30)11-9-15)23(36)33-13-16-18(27(16,4)5)20(33)22(35)31-17(12-14-6-7-14)21(34)24(37)38/h14-20H,6-13H2,1-5H3,(H,31,35)(H,32,39)(H,37,38)/t16-,17?,18-,19-,20-/m0/s1. The van der Waals surface area contributed by atoms with E-state index in [-0.39, 0.29) is 49.0 Å². The number of ether oxygens (including phenoxy) is 1. The minimum Gasteiger partial charge on any atom is -0.475 e. The first kappa shape index (κ1) is 30.2. The van der Waals surface area contributed by atoms with Crippen LogP contribution in [0.5, 0.6) is 0 Å². The molecule has 3 amide bonds. The highest BCUT2D eigenvalue weighted by Crippen LogP contribution is 2.65. The molecule has 0 aromatic carbocycles. The Bertz CT molecular complexity index is 1060. The number of fused-ring (bicyclic) bond motifs is 1. The molecule has 5 atom stereocenters. The van der Waals surface area contributed by atoms with E-state index in [1.807, 2.05) is 13.8 Å². The molecule has 0 aromatic heterocycles. The van der Waals surface area contributed by atoms with E-state index in [9.17, 15) is 37.9 Å². The quantitative estimate of drug-likeness (QED) is 0.362. The fourth-order valence-electron chi connectivity index (χ4n) is 6.53. The smallest absolute Gasteiger partial charge is 0.408 e. The van der Waals surface area contributed by atoms with Crippen molar-refractivity contribution in [1.29, 1.82) is 0 Å². The van der Waals surface area contributed by atoms with Gasteiger partial charge in [-0.2, -0.15) is 0 Å². The van der Waals surface area contributed by atoms with Crippen LogP contribution < -0.4 is 10.6 Å². The summed E-state index contributed by atoms with van der Waals surface area (Å²) < 4.78 is 33.2. The third-order valence-electron chi connectivity index (χ3n) is 9.04. The number of hydrogen-bond donors (Lipinski definition) is 3. The SMILES string of the molecule is CC(C)(C)OC(=O)N[C@H](C(=O)N1C[C@H]2[C@@H]([C@H]1C(=O)NC(CC1CC1)C(=O)C(=O)O)C2(C)C)C1CCC(F)(F)CC1. The van der Waals surface area contributed by atoms with Crippen LogP contribution in [0.15, 0.2) is 0 Å². The number of alkyl carbamates (subject to hydrolysis) is 1. The second kappa shape index (κ2) is 10.6. The van der Waals surface area contributed by atoms with E-state index >= 15 is 0 Å². The number of likely N-dealkylation sites (tertiary alicyclic amines) is 1. The molecule has 1 heterocycles. The number of piperidine rings is 1. The zero-order valence-electron chi connectivity index (χ0n) is 23.8. The zero-order chi connectivity index (χ0) is 29.8. The van der Waals surface area contributed by atoms with E-state index in [0.717, 1.165) is 12.8 Å². The maximum atomic E-state index is 14.0. The fraction of sp³-hybridized carbons (Fsp3) is 0.821. The predicted octanol–water partition coefficient (Wildman–Crippen LogP) is 3.13. The number of rotatable bonds is 9. The van der Waals surface area contributed by atoms with Gasteiger partial charge in [-0.25, -0.2) is 18.4 Å². The number of alkyl halides is 2. The summed E-state index contributed by atoms with van der Waals surface area (Å²) in [5, 5.41) is 14.5. The van der Waals surface area contributed by atoms with Crippen LogP contribution in [0, 0.1) is 29.1 Å². The zero-order valence-corrected chi connectivity index (χ0v) is 23.8. The third kappa shape index (κ3) is 6.57. The molecule has 3 saturated carbocycles. The number of amides is 3.